The quantitative estimate of drug-likeness (QED) is 0.775. The van der Waals surface area contributed by atoms with E-state index in [-0.39, 0.29) is 5.82 Å². The van der Waals surface area contributed by atoms with Gasteiger partial charge in [-0.05, 0) is 24.8 Å². The van der Waals surface area contributed by atoms with E-state index >= 15 is 0 Å². The molecule has 1 aromatic rings. The van der Waals surface area contributed by atoms with Gasteiger partial charge in [0.2, 0.25) is 0 Å². The summed E-state index contributed by atoms with van der Waals surface area (Å²) in [6.07, 6.45) is 2.66. The van der Waals surface area contributed by atoms with Gasteiger partial charge >= 0.3 is 0 Å². The number of aliphatic hydroxyl groups excluding tert-OH is 1. The molecule has 1 nitrogen and oxygen atoms in total. The van der Waals surface area contributed by atoms with Crippen molar-refractivity contribution in [2.75, 3.05) is 6.26 Å². The van der Waals surface area contributed by atoms with E-state index < -0.39 is 6.10 Å². The largest absolute Gasteiger partial charge is 0.388 e. The predicted molar refractivity (Wildman–Crippen MR) is 58.0 cm³/mol. The van der Waals surface area contributed by atoms with E-state index in [1.54, 1.807) is 6.07 Å². The summed E-state index contributed by atoms with van der Waals surface area (Å²) in [5.41, 5.74) is 0.446. The Bertz CT molecular complexity index is 301. The topological polar surface area (TPSA) is 20.2 Å². The summed E-state index contributed by atoms with van der Waals surface area (Å²) in [4.78, 5) is 0.825. The van der Waals surface area contributed by atoms with E-state index in [9.17, 15) is 9.50 Å². The van der Waals surface area contributed by atoms with Crippen LogP contribution in [0.25, 0.3) is 0 Å². The predicted octanol–water partition coefficient (Wildman–Crippen LogP) is 3.38. The van der Waals surface area contributed by atoms with Crippen LogP contribution < -0.4 is 0 Å². The molecule has 0 saturated heterocycles. The Balaban J connectivity index is 3.03. The third kappa shape index (κ3) is 2.49. The zero-order chi connectivity index (χ0) is 10.6. The highest BCUT2D eigenvalue weighted by molar-refractivity contribution is 7.98. The molecule has 0 aromatic heterocycles. The monoisotopic (exact) mass is 214 g/mol. The molecule has 14 heavy (non-hydrogen) atoms. The Morgan fingerprint density at radius 3 is 2.79 bits per heavy atom. The number of hydrogen-bond donors (Lipinski definition) is 1. The minimum absolute atomic E-state index is 0.308. The summed E-state index contributed by atoms with van der Waals surface area (Å²) in [6.45, 7) is 1.98. The molecule has 1 N–H and O–H groups in total. The molecule has 0 amide bonds. The molecule has 0 bridgehead atoms. The van der Waals surface area contributed by atoms with Gasteiger partial charge in [0.25, 0.3) is 0 Å². The van der Waals surface area contributed by atoms with Crippen molar-refractivity contribution in [3.05, 3.63) is 29.6 Å². The minimum atomic E-state index is -0.677. The molecule has 0 heterocycles. The van der Waals surface area contributed by atoms with E-state index in [0.29, 0.717) is 12.0 Å². The molecular formula is C11H15FOS. The van der Waals surface area contributed by atoms with E-state index in [1.807, 2.05) is 19.2 Å². The van der Waals surface area contributed by atoms with Crippen LogP contribution in [0, 0.1) is 5.82 Å². The highest BCUT2D eigenvalue weighted by atomic mass is 32.2. The third-order valence-corrected chi connectivity index (χ3v) is 2.92. The first-order valence-corrected chi connectivity index (χ1v) is 5.93. The first kappa shape index (κ1) is 11.5. The van der Waals surface area contributed by atoms with Crippen LogP contribution in [0.5, 0.6) is 0 Å². The normalized spacial score (nSPS) is 12.9. The molecule has 0 fully saturated rings. The number of hydrogen-bond acceptors (Lipinski definition) is 2. The number of rotatable bonds is 4. The van der Waals surface area contributed by atoms with Gasteiger partial charge in [-0.25, -0.2) is 4.39 Å². The maximum absolute atomic E-state index is 13.4. The fourth-order valence-corrected chi connectivity index (χ4v) is 2.10. The molecule has 0 unspecified atom stereocenters. The second-order valence-corrected chi connectivity index (χ2v) is 4.01. The van der Waals surface area contributed by atoms with Crippen LogP contribution >= 0.6 is 11.8 Å². The summed E-state index contributed by atoms with van der Waals surface area (Å²) in [6, 6.07) is 4.90. The molecule has 1 aromatic carbocycles. The second kappa shape index (κ2) is 5.37. The Labute approximate surface area is 88.3 Å². The van der Waals surface area contributed by atoms with Crippen molar-refractivity contribution >= 4 is 11.8 Å². The average molecular weight is 214 g/mol. The molecule has 78 valence electrons. The molecule has 0 radical (unpaired) electrons. The fourth-order valence-electron chi connectivity index (χ4n) is 1.44. The van der Waals surface area contributed by atoms with Crippen LogP contribution in [0.1, 0.15) is 31.4 Å². The van der Waals surface area contributed by atoms with Crippen molar-refractivity contribution in [1.82, 2.24) is 0 Å². The first-order valence-electron chi connectivity index (χ1n) is 4.71. The van der Waals surface area contributed by atoms with E-state index in [2.05, 4.69) is 0 Å². The number of thioether (sulfide) groups is 1. The Morgan fingerprint density at radius 2 is 2.21 bits per heavy atom. The fraction of sp³-hybridized carbons (Fsp3) is 0.455. The van der Waals surface area contributed by atoms with Crippen molar-refractivity contribution in [2.45, 2.75) is 30.8 Å². The molecule has 0 aliphatic carbocycles. The lowest BCUT2D eigenvalue weighted by atomic mass is 10.0. The lowest BCUT2D eigenvalue weighted by Crippen LogP contribution is -2.02. The van der Waals surface area contributed by atoms with Crippen molar-refractivity contribution in [3.8, 4) is 0 Å². The molecule has 0 saturated carbocycles. The van der Waals surface area contributed by atoms with Crippen molar-refractivity contribution in [1.29, 1.82) is 0 Å². The highest BCUT2D eigenvalue weighted by Crippen LogP contribution is 2.30. The summed E-state index contributed by atoms with van der Waals surface area (Å²) in [5.74, 6) is -0.308. The molecule has 0 spiro atoms. The lowest BCUT2D eigenvalue weighted by Gasteiger charge is -2.14. The molecule has 0 aliphatic rings. The van der Waals surface area contributed by atoms with Gasteiger partial charge < -0.3 is 5.11 Å². The molecule has 3 heteroatoms. The van der Waals surface area contributed by atoms with Crippen LogP contribution in [-0.2, 0) is 0 Å². The van der Waals surface area contributed by atoms with E-state index in [1.165, 1.54) is 17.8 Å². The molecule has 1 atom stereocenters. The molecule has 0 aliphatic heterocycles. The van der Waals surface area contributed by atoms with Gasteiger partial charge in [0.1, 0.15) is 5.82 Å². The summed E-state index contributed by atoms with van der Waals surface area (Å²) >= 11 is 1.46. The van der Waals surface area contributed by atoms with Crippen LogP contribution in [0.15, 0.2) is 23.1 Å². The Kier molecular flexibility index (Phi) is 4.42. The van der Waals surface area contributed by atoms with Crippen molar-refractivity contribution in [2.24, 2.45) is 0 Å². The summed E-state index contributed by atoms with van der Waals surface area (Å²) in [5, 5.41) is 9.76. The lowest BCUT2D eigenvalue weighted by molar-refractivity contribution is 0.159. The molecule has 1 rings (SSSR count). The number of aliphatic hydroxyl groups is 1. The maximum atomic E-state index is 13.4. The smallest absolute Gasteiger partial charge is 0.130 e. The van der Waals surface area contributed by atoms with Crippen LogP contribution in [0.2, 0.25) is 0 Å². The van der Waals surface area contributed by atoms with Gasteiger partial charge in [-0.1, -0.05) is 19.4 Å². The standard InChI is InChI=1S/C11H15FOS/c1-3-5-9(13)11-8(12)6-4-7-10(11)14-2/h4,6-7,9,13H,3,5H2,1-2H3/t9-/m0/s1. The maximum Gasteiger partial charge on any atom is 0.130 e. The summed E-state index contributed by atoms with van der Waals surface area (Å²) in [7, 11) is 0. The number of halogens is 1. The van der Waals surface area contributed by atoms with E-state index in [4.69, 9.17) is 0 Å². The van der Waals surface area contributed by atoms with Gasteiger partial charge in [-0.2, -0.15) is 0 Å². The van der Waals surface area contributed by atoms with Gasteiger partial charge in [0.05, 0.1) is 6.10 Å². The Morgan fingerprint density at radius 1 is 1.50 bits per heavy atom. The SMILES string of the molecule is CCC[C@H](O)c1c(F)cccc1SC. The number of benzene rings is 1. The van der Waals surface area contributed by atoms with Crippen LogP contribution in [0.4, 0.5) is 4.39 Å². The zero-order valence-corrected chi connectivity index (χ0v) is 9.27. The second-order valence-electron chi connectivity index (χ2n) is 3.16. The van der Waals surface area contributed by atoms with Gasteiger partial charge in [-0.3, -0.25) is 0 Å². The van der Waals surface area contributed by atoms with Crippen molar-refractivity contribution < 1.29 is 9.50 Å². The van der Waals surface area contributed by atoms with Gasteiger partial charge in [0, 0.05) is 10.5 Å². The van der Waals surface area contributed by atoms with Crippen molar-refractivity contribution in [3.63, 3.8) is 0 Å². The minimum Gasteiger partial charge on any atom is -0.388 e. The van der Waals surface area contributed by atoms with Crippen LogP contribution in [-0.4, -0.2) is 11.4 Å². The summed E-state index contributed by atoms with van der Waals surface area (Å²) < 4.78 is 13.4. The third-order valence-electron chi connectivity index (χ3n) is 2.13. The van der Waals surface area contributed by atoms with Gasteiger partial charge in [-0.15, -0.1) is 11.8 Å². The zero-order valence-electron chi connectivity index (χ0n) is 8.46. The van der Waals surface area contributed by atoms with Gasteiger partial charge in [0.15, 0.2) is 0 Å². The van der Waals surface area contributed by atoms with Crippen LogP contribution in [0.3, 0.4) is 0 Å². The Hall–Kier alpha value is -0.540. The average Bonchev–Trinajstić information content (AvgIpc) is 2.17. The highest BCUT2D eigenvalue weighted by Gasteiger charge is 2.15. The first-order chi connectivity index (χ1) is 6.70. The molecular weight excluding hydrogens is 199 g/mol. The van der Waals surface area contributed by atoms with E-state index in [0.717, 1.165) is 11.3 Å².